The molecule has 3 rings (SSSR count). The van der Waals surface area contributed by atoms with Gasteiger partial charge in [-0.1, -0.05) is 18.5 Å². The fourth-order valence-corrected chi connectivity index (χ4v) is 3.24. The van der Waals surface area contributed by atoms with E-state index in [0.717, 1.165) is 30.2 Å². The molecule has 2 heterocycles. The van der Waals surface area contributed by atoms with Crippen LogP contribution < -0.4 is 5.32 Å². The first-order chi connectivity index (χ1) is 11.6. The SMILES string of the molecule is C[C@H]1CCCN(CC(=O)NCc2ccc(-c3ccc(Cl)cc3)o2)C1. The lowest BCUT2D eigenvalue weighted by Crippen LogP contribution is -2.41. The molecule has 1 aliphatic rings. The van der Waals surface area contributed by atoms with Crippen LogP contribution in [0.5, 0.6) is 0 Å². The number of rotatable bonds is 5. The number of carbonyl (C=O) groups excluding carboxylic acids is 1. The summed E-state index contributed by atoms with van der Waals surface area (Å²) in [5.41, 5.74) is 0.972. The van der Waals surface area contributed by atoms with Crippen molar-refractivity contribution in [3.63, 3.8) is 0 Å². The Balaban J connectivity index is 1.50. The van der Waals surface area contributed by atoms with Crippen LogP contribution in [-0.4, -0.2) is 30.4 Å². The molecule has 0 aliphatic carbocycles. The number of furan rings is 1. The van der Waals surface area contributed by atoms with Gasteiger partial charge in [0.05, 0.1) is 13.1 Å². The third-order valence-electron chi connectivity index (χ3n) is 4.36. The van der Waals surface area contributed by atoms with Crippen molar-refractivity contribution in [2.75, 3.05) is 19.6 Å². The van der Waals surface area contributed by atoms with Crippen LogP contribution >= 0.6 is 11.6 Å². The highest BCUT2D eigenvalue weighted by Crippen LogP contribution is 2.23. The number of nitrogens with one attached hydrogen (secondary N) is 1. The van der Waals surface area contributed by atoms with E-state index >= 15 is 0 Å². The molecule has 1 saturated heterocycles. The molecule has 1 aliphatic heterocycles. The maximum absolute atomic E-state index is 12.1. The number of nitrogens with zero attached hydrogens (tertiary/aromatic N) is 1. The van der Waals surface area contributed by atoms with Gasteiger partial charge in [0.1, 0.15) is 11.5 Å². The van der Waals surface area contributed by atoms with Crippen LogP contribution in [-0.2, 0) is 11.3 Å². The van der Waals surface area contributed by atoms with Gasteiger partial charge in [-0.15, -0.1) is 0 Å². The molecule has 1 fully saturated rings. The van der Waals surface area contributed by atoms with Gasteiger partial charge in [-0.3, -0.25) is 9.69 Å². The van der Waals surface area contributed by atoms with Crippen LogP contribution in [0.15, 0.2) is 40.8 Å². The first-order valence-electron chi connectivity index (χ1n) is 8.44. The van der Waals surface area contributed by atoms with E-state index in [9.17, 15) is 4.79 Å². The van der Waals surface area contributed by atoms with Crippen molar-refractivity contribution in [2.24, 2.45) is 5.92 Å². The van der Waals surface area contributed by atoms with Crippen LogP contribution in [0.1, 0.15) is 25.5 Å². The van der Waals surface area contributed by atoms with Crippen molar-refractivity contribution in [1.82, 2.24) is 10.2 Å². The summed E-state index contributed by atoms with van der Waals surface area (Å²) < 4.78 is 5.80. The van der Waals surface area contributed by atoms with E-state index in [4.69, 9.17) is 16.0 Å². The summed E-state index contributed by atoms with van der Waals surface area (Å²) in [7, 11) is 0. The highest BCUT2D eigenvalue weighted by molar-refractivity contribution is 6.30. The minimum atomic E-state index is 0.0496. The third kappa shape index (κ3) is 4.62. The molecule has 0 unspecified atom stereocenters. The van der Waals surface area contributed by atoms with Crippen LogP contribution in [0.3, 0.4) is 0 Å². The zero-order valence-corrected chi connectivity index (χ0v) is 14.7. The fourth-order valence-electron chi connectivity index (χ4n) is 3.12. The summed E-state index contributed by atoms with van der Waals surface area (Å²) in [6.45, 7) is 5.14. The second kappa shape index (κ2) is 7.86. The summed E-state index contributed by atoms with van der Waals surface area (Å²) in [5.74, 6) is 2.26. The number of hydrogen-bond acceptors (Lipinski definition) is 3. The van der Waals surface area contributed by atoms with Crippen LogP contribution in [0, 0.1) is 5.92 Å². The normalized spacial score (nSPS) is 18.5. The second-order valence-corrected chi connectivity index (χ2v) is 6.97. The molecule has 1 aromatic carbocycles. The molecule has 1 atom stereocenters. The van der Waals surface area contributed by atoms with E-state index < -0.39 is 0 Å². The molecule has 1 amide bonds. The van der Waals surface area contributed by atoms with Gasteiger partial charge < -0.3 is 9.73 Å². The summed E-state index contributed by atoms with van der Waals surface area (Å²) in [6, 6.07) is 11.3. The first-order valence-corrected chi connectivity index (χ1v) is 8.81. The quantitative estimate of drug-likeness (QED) is 0.891. The van der Waals surface area contributed by atoms with Gasteiger partial charge >= 0.3 is 0 Å². The summed E-state index contributed by atoms with van der Waals surface area (Å²) >= 11 is 5.90. The van der Waals surface area contributed by atoms with Gasteiger partial charge in [0.2, 0.25) is 5.91 Å². The third-order valence-corrected chi connectivity index (χ3v) is 4.61. The van der Waals surface area contributed by atoms with Crippen LogP contribution in [0.4, 0.5) is 0 Å². The van der Waals surface area contributed by atoms with E-state index in [-0.39, 0.29) is 5.91 Å². The topological polar surface area (TPSA) is 45.5 Å². The predicted molar refractivity (Wildman–Crippen MR) is 95.8 cm³/mol. The molecule has 4 nitrogen and oxygen atoms in total. The van der Waals surface area contributed by atoms with E-state index in [0.29, 0.717) is 24.0 Å². The van der Waals surface area contributed by atoms with Gasteiger partial charge in [0.25, 0.3) is 0 Å². The molecule has 5 heteroatoms. The Kier molecular flexibility index (Phi) is 5.59. The lowest BCUT2D eigenvalue weighted by atomic mass is 10.0. The summed E-state index contributed by atoms with van der Waals surface area (Å²) in [6.07, 6.45) is 2.44. The molecule has 1 aromatic heterocycles. The fraction of sp³-hybridized carbons (Fsp3) is 0.421. The number of benzene rings is 1. The molecule has 24 heavy (non-hydrogen) atoms. The van der Waals surface area contributed by atoms with Crippen molar-refractivity contribution in [3.05, 3.63) is 47.2 Å². The highest BCUT2D eigenvalue weighted by atomic mass is 35.5. The Hall–Kier alpha value is -1.78. The molecule has 0 spiro atoms. The lowest BCUT2D eigenvalue weighted by molar-refractivity contribution is -0.122. The number of carbonyl (C=O) groups is 1. The maximum Gasteiger partial charge on any atom is 0.234 e. The lowest BCUT2D eigenvalue weighted by Gasteiger charge is -2.30. The van der Waals surface area contributed by atoms with Gasteiger partial charge in [-0.05, 0) is 61.7 Å². The zero-order chi connectivity index (χ0) is 16.9. The molecular weight excluding hydrogens is 324 g/mol. The Bertz CT molecular complexity index is 681. The minimum absolute atomic E-state index is 0.0496. The van der Waals surface area contributed by atoms with Crippen molar-refractivity contribution in [3.8, 4) is 11.3 Å². The molecule has 128 valence electrons. The zero-order valence-electron chi connectivity index (χ0n) is 13.9. The van der Waals surface area contributed by atoms with Crippen molar-refractivity contribution in [1.29, 1.82) is 0 Å². The smallest absolute Gasteiger partial charge is 0.234 e. The van der Waals surface area contributed by atoms with E-state index in [1.807, 2.05) is 36.4 Å². The number of amides is 1. The second-order valence-electron chi connectivity index (χ2n) is 6.53. The van der Waals surface area contributed by atoms with Gasteiger partial charge in [0, 0.05) is 17.1 Å². The summed E-state index contributed by atoms with van der Waals surface area (Å²) in [5, 5.41) is 3.64. The Morgan fingerprint density at radius 1 is 1.29 bits per heavy atom. The van der Waals surface area contributed by atoms with Crippen molar-refractivity contribution >= 4 is 17.5 Å². The van der Waals surface area contributed by atoms with Crippen LogP contribution in [0.25, 0.3) is 11.3 Å². The Labute approximate surface area is 147 Å². The monoisotopic (exact) mass is 346 g/mol. The summed E-state index contributed by atoms with van der Waals surface area (Å²) in [4.78, 5) is 14.3. The Morgan fingerprint density at radius 2 is 2.08 bits per heavy atom. The Morgan fingerprint density at radius 3 is 2.83 bits per heavy atom. The number of likely N-dealkylation sites (tertiary alicyclic amines) is 1. The van der Waals surface area contributed by atoms with E-state index in [1.165, 1.54) is 12.8 Å². The van der Waals surface area contributed by atoms with Crippen molar-refractivity contribution < 1.29 is 9.21 Å². The maximum atomic E-state index is 12.1. The van der Waals surface area contributed by atoms with Gasteiger partial charge in [-0.2, -0.15) is 0 Å². The minimum Gasteiger partial charge on any atom is -0.459 e. The molecule has 0 radical (unpaired) electrons. The molecule has 2 aromatic rings. The molecular formula is C19H23ClN2O2. The number of piperidine rings is 1. The average molecular weight is 347 g/mol. The average Bonchev–Trinajstić information content (AvgIpc) is 3.03. The number of hydrogen-bond donors (Lipinski definition) is 1. The largest absolute Gasteiger partial charge is 0.459 e. The first kappa shape index (κ1) is 17.1. The van der Waals surface area contributed by atoms with Gasteiger partial charge in [-0.25, -0.2) is 0 Å². The van der Waals surface area contributed by atoms with Crippen molar-refractivity contribution in [2.45, 2.75) is 26.3 Å². The van der Waals surface area contributed by atoms with E-state index in [2.05, 4.69) is 17.1 Å². The van der Waals surface area contributed by atoms with Gasteiger partial charge in [0.15, 0.2) is 0 Å². The highest BCUT2D eigenvalue weighted by Gasteiger charge is 2.18. The molecule has 1 N–H and O–H groups in total. The predicted octanol–water partition coefficient (Wildman–Crippen LogP) is 3.95. The molecule has 0 saturated carbocycles. The number of halogens is 1. The van der Waals surface area contributed by atoms with Crippen LogP contribution in [0.2, 0.25) is 5.02 Å². The molecule has 0 bridgehead atoms. The van der Waals surface area contributed by atoms with E-state index in [1.54, 1.807) is 0 Å². The standard InChI is InChI=1S/C19H23ClN2O2/c1-14-3-2-10-22(12-14)13-19(23)21-11-17-8-9-18(24-17)15-4-6-16(20)7-5-15/h4-9,14H,2-3,10-13H2,1H3,(H,21,23)/t14-/m0/s1.